The van der Waals surface area contributed by atoms with Gasteiger partial charge in [0.25, 0.3) is 0 Å². The van der Waals surface area contributed by atoms with E-state index in [1.54, 1.807) is 28.1 Å². The van der Waals surface area contributed by atoms with Crippen molar-refractivity contribution in [2.45, 2.75) is 25.6 Å². The van der Waals surface area contributed by atoms with Gasteiger partial charge in [0.05, 0.1) is 12.2 Å². The Morgan fingerprint density at radius 3 is 2.12 bits per heavy atom. The van der Waals surface area contributed by atoms with E-state index < -0.39 is 5.60 Å². The lowest BCUT2D eigenvalue weighted by Gasteiger charge is -2.20. The van der Waals surface area contributed by atoms with E-state index in [1.165, 1.54) is 0 Å². The first-order chi connectivity index (χ1) is 7.49. The van der Waals surface area contributed by atoms with Crippen molar-refractivity contribution in [2.24, 2.45) is 0 Å². The van der Waals surface area contributed by atoms with E-state index in [9.17, 15) is 5.11 Å². The molecule has 1 atom stereocenters. The first-order valence-corrected chi connectivity index (χ1v) is 5.33. The van der Waals surface area contributed by atoms with Crippen molar-refractivity contribution in [1.29, 1.82) is 0 Å². The molecule has 0 saturated carbocycles. The molecule has 0 heterocycles. The summed E-state index contributed by atoms with van der Waals surface area (Å²) >= 11 is 0. The number of hydrogen-bond donors (Lipinski definition) is 1. The monoisotopic (exact) mass is 224 g/mol. The van der Waals surface area contributed by atoms with Crippen LogP contribution >= 0.6 is 0 Å². The van der Waals surface area contributed by atoms with Crippen LogP contribution in [0.25, 0.3) is 0 Å². The molecule has 1 unspecified atom stereocenters. The van der Waals surface area contributed by atoms with Gasteiger partial charge in [0.15, 0.2) is 0 Å². The van der Waals surface area contributed by atoms with Crippen molar-refractivity contribution in [3.05, 3.63) is 35.4 Å². The van der Waals surface area contributed by atoms with Crippen LogP contribution in [0.1, 0.15) is 31.1 Å². The molecule has 1 aromatic carbocycles. The lowest BCUT2D eigenvalue weighted by atomic mass is 9.96. The smallest absolute Gasteiger partial charge is 0.105 e. The van der Waals surface area contributed by atoms with Gasteiger partial charge in [0, 0.05) is 14.2 Å². The van der Waals surface area contributed by atoms with E-state index >= 15 is 0 Å². The van der Waals surface area contributed by atoms with Gasteiger partial charge >= 0.3 is 0 Å². The molecule has 16 heavy (non-hydrogen) atoms. The number of aliphatic hydroxyl groups is 1. The number of ether oxygens (including phenoxy) is 2. The van der Waals surface area contributed by atoms with Crippen LogP contribution in [-0.2, 0) is 15.1 Å². The molecule has 1 rings (SSSR count). The zero-order chi connectivity index (χ0) is 12.2. The molecule has 0 spiro atoms. The second-order valence-electron chi connectivity index (χ2n) is 4.36. The van der Waals surface area contributed by atoms with Gasteiger partial charge in [-0.3, -0.25) is 0 Å². The quantitative estimate of drug-likeness (QED) is 0.833. The number of benzene rings is 1. The van der Waals surface area contributed by atoms with E-state index in [0.29, 0.717) is 6.61 Å². The van der Waals surface area contributed by atoms with Gasteiger partial charge in [0.1, 0.15) is 6.10 Å². The summed E-state index contributed by atoms with van der Waals surface area (Å²) in [5, 5.41) is 9.82. The maximum atomic E-state index is 9.82. The fourth-order valence-corrected chi connectivity index (χ4v) is 1.56. The van der Waals surface area contributed by atoms with E-state index in [2.05, 4.69) is 0 Å². The molecule has 0 saturated heterocycles. The molecule has 0 bridgehead atoms. The fourth-order valence-electron chi connectivity index (χ4n) is 1.56. The molecule has 0 aliphatic rings. The summed E-state index contributed by atoms with van der Waals surface area (Å²) in [5.41, 5.74) is 1.14. The second-order valence-corrected chi connectivity index (χ2v) is 4.36. The summed E-state index contributed by atoms with van der Waals surface area (Å²) in [4.78, 5) is 0. The topological polar surface area (TPSA) is 38.7 Å². The summed E-state index contributed by atoms with van der Waals surface area (Å²) in [6, 6.07) is 7.75. The maximum Gasteiger partial charge on any atom is 0.105 e. The molecule has 0 aromatic heterocycles. The van der Waals surface area contributed by atoms with E-state index in [4.69, 9.17) is 9.47 Å². The molecular formula is C13H20O3. The molecule has 3 nitrogen and oxygen atoms in total. The van der Waals surface area contributed by atoms with Gasteiger partial charge in [0.2, 0.25) is 0 Å². The van der Waals surface area contributed by atoms with Crippen molar-refractivity contribution in [2.75, 3.05) is 20.8 Å². The molecule has 0 aliphatic carbocycles. The van der Waals surface area contributed by atoms with Crippen LogP contribution in [0.5, 0.6) is 0 Å². The summed E-state index contributed by atoms with van der Waals surface area (Å²) in [5.74, 6) is 0. The highest BCUT2D eigenvalue weighted by atomic mass is 16.5. The first kappa shape index (κ1) is 13.2. The summed E-state index contributed by atoms with van der Waals surface area (Å²) in [6.07, 6.45) is -0.0548. The van der Waals surface area contributed by atoms with Crippen molar-refractivity contribution in [3.63, 3.8) is 0 Å². The van der Waals surface area contributed by atoms with Crippen LogP contribution in [0.2, 0.25) is 0 Å². The van der Waals surface area contributed by atoms with Crippen LogP contribution in [0, 0.1) is 0 Å². The van der Waals surface area contributed by atoms with Crippen LogP contribution in [0.3, 0.4) is 0 Å². The van der Waals surface area contributed by atoms with E-state index in [1.807, 2.05) is 24.3 Å². The van der Waals surface area contributed by atoms with Gasteiger partial charge in [-0.2, -0.15) is 0 Å². The van der Waals surface area contributed by atoms with Crippen LogP contribution in [0.15, 0.2) is 24.3 Å². The fraction of sp³-hybridized carbons (Fsp3) is 0.538. The highest BCUT2D eigenvalue weighted by molar-refractivity contribution is 5.27. The average molecular weight is 224 g/mol. The third-order valence-corrected chi connectivity index (χ3v) is 2.59. The lowest BCUT2D eigenvalue weighted by molar-refractivity contribution is 0.0273. The van der Waals surface area contributed by atoms with Crippen LogP contribution in [0.4, 0.5) is 0 Å². The van der Waals surface area contributed by atoms with Gasteiger partial charge in [-0.05, 0) is 25.0 Å². The summed E-state index contributed by atoms with van der Waals surface area (Å²) < 4.78 is 10.4. The Labute approximate surface area is 97.0 Å². The molecule has 1 N–H and O–H groups in total. The minimum Gasteiger partial charge on any atom is -0.386 e. The molecule has 0 aliphatic heterocycles. The SMILES string of the molecule is COCC(OC)c1ccc(C(C)(C)O)cc1. The van der Waals surface area contributed by atoms with Crippen molar-refractivity contribution in [3.8, 4) is 0 Å². The lowest BCUT2D eigenvalue weighted by Crippen LogP contribution is -2.16. The van der Waals surface area contributed by atoms with E-state index in [0.717, 1.165) is 11.1 Å². The number of rotatable bonds is 5. The molecule has 90 valence electrons. The highest BCUT2D eigenvalue weighted by Gasteiger charge is 2.16. The summed E-state index contributed by atoms with van der Waals surface area (Å²) in [7, 11) is 3.31. The van der Waals surface area contributed by atoms with Crippen molar-refractivity contribution < 1.29 is 14.6 Å². The maximum absolute atomic E-state index is 9.82. The zero-order valence-corrected chi connectivity index (χ0v) is 10.4. The third-order valence-electron chi connectivity index (χ3n) is 2.59. The zero-order valence-electron chi connectivity index (χ0n) is 10.4. The second kappa shape index (κ2) is 5.43. The average Bonchev–Trinajstić information content (AvgIpc) is 2.25. The minimum atomic E-state index is -0.803. The minimum absolute atomic E-state index is 0.0548. The predicted molar refractivity (Wildman–Crippen MR) is 63.3 cm³/mol. The molecule has 0 amide bonds. The summed E-state index contributed by atoms with van der Waals surface area (Å²) in [6.45, 7) is 4.06. The Balaban J connectivity index is 2.85. The largest absolute Gasteiger partial charge is 0.386 e. The van der Waals surface area contributed by atoms with Crippen molar-refractivity contribution >= 4 is 0 Å². The van der Waals surface area contributed by atoms with Crippen LogP contribution < -0.4 is 0 Å². The number of hydrogen-bond acceptors (Lipinski definition) is 3. The predicted octanol–water partition coefficient (Wildman–Crippen LogP) is 2.25. The Kier molecular flexibility index (Phi) is 4.47. The third kappa shape index (κ3) is 3.30. The Morgan fingerprint density at radius 1 is 1.19 bits per heavy atom. The normalized spacial score (nSPS) is 13.8. The first-order valence-electron chi connectivity index (χ1n) is 5.33. The van der Waals surface area contributed by atoms with E-state index in [-0.39, 0.29) is 6.10 Å². The number of methoxy groups -OCH3 is 2. The van der Waals surface area contributed by atoms with Gasteiger partial charge in [-0.25, -0.2) is 0 Å². The van der Waals surface area contributed by atoms with Gasteiger partial charge in [-0.15, -0.1) is 0 Å². The Hall–Kier alpha value is -0.900. The van der Waals surface area contributed by atoms with Gasteiger partial charge < -0.3 is 14.6 Å². The molecule has 0 fully saturated rings. The molecule has 0 radical (unpaired) electrons. The molecular weight excluding hydrogens is 204 g/mol. The standard InChI is InChI=1S/C13H20O3/c1-13(2,14)11-7-5-10(6-8-11)12(16-4)9-15-3/h5-8,12,14H,9H2,1-4H3. The molecule has 3 heteroatoms. The highest BCUT2D eigenvalue weighted by Crippen LogP contribution is 2.23. The molecule has 1 aromatic rings. The Morgan fingerprint density at radius 2 is 1.75 bits per heavy atom. The van der Waals surface area contributed by atoms with Gasteiger partial charge in [-0.1, -0.05) is 24.3 Å². The Bertz CT molecular complexity index is 311. The van der Waals surface area contributed by atoms with Crippen LogP contribution in [-0.4, -0.2) is 25.9 Å². The van der Waals surface area contributed by atoms with Crippen molar-refractivity contribution in [1.82, 2.24) is 0 Å².